The van der Waals surface area contributed by atoms with Crippen molar-refractivity contribution >= 4 is 31.2 Å². The number of hydrogen-bond acceptors (Lipinski definition) is 6. The second kappa shape index (κ2) is 8.74. The maximum atomic E-state index is 12.0. The van der Waals surface area contributed by atoms with E-state index in [0.29, 0.717) is 0 Å². The minimum atomic E-state index is -4.89. The van der Waals surface area contributed by atoms with Crippen LogP contribution in [0.4, 0.5) is 0 Å². The van der Waals surface area contributed by atoms with Gasteiger partial charge in [-0.05, 0) is 13.8 Å². The van der Waals surface area contributed by atoms with Gasteiger partial charge in [-0.15, -0.1) is 0 Å². The second-order valence-electron chi connectivity index (χ2n) is 4.66. The Kier molecular flexibility index (Phi) is 8.10. The lowest BCUT2D eigenvalue weighted by atomic mass is 10.0. The minimum absolute atomic E-state index is 0.291. The van der Waals surface area contributed by atoms with Gasteiger partial charge in [-0.25, -0.2) is 4.57 Å². The maximum absolute atomic E-state index is 12.0. The average Bonchev–Trinajstić information content (AvgIpc) is 2.29. The van der Waals surface area contributed by atoms with E-state index >= 15 is 0 Å². The number of rotatable bonds is 10. The Morgan fingerprint density at radius 2 is 1.77 bits per heavy atom. The Morgan fingerprint density at radius 3 is 2.18 bits per heavy atom. The van der Waals surface area contributed by atoms with Crippen molar-refractivity contribution in [3.8, 4) is 0 Å². The summed E-state index contributed by atoms with van der Waals surface area (Å²) in [6.07, 6.45) is -2.49. The van der Waals surface area contributed by atoms with Gasteiger partial charge in [0, 0.05) is 12.8 Å². The lowest BCUT2D eigenvalue weighted by molar-refractivity contribution is -0.133. The predicted octanol–water partition coefficient (Wildman–Crippen LogP) is -1.22. The Labute approximate surface area is 126 Å². The van der Waals surface area contributed by atoms with Gasteiger partial charge in [-0.3, -0.25) is 23.7 Å². The zero-order valence-corrected chi connectivity index (χ0v) is 13.0. The average molecular weight is 338 g/mol. The summed E-state index contributed by atoms with van der Waals surface area (Å²) in [5.74, 6) is -2.70. The summed E-state index contributed by atoms with van der Waals surface area (Å²) >= 11 is 0. The molecule has 22 heavy (non-hydrogen) atoms. The summed E-state index contributed by atoms with van der Waals surface area (Å²) in [5.41, 5.74) is 4.91. The zero-order chi connectivity index (χ0) is 17.5. The third-order valence-corrected chi connectivity index (χ3v) is 3.07. The molecule has 0 bridgehead atoms. The van der Waals surface area contributed by atoms with Gasteiger partial charge in [0.2, 0.25) is 11.8 Å². The number of carbonyl (C=O) groups excluding carboxylic acids is 4. The fraction of sp³-hybridized carbons (Fsp3) is 0.636. The molecule has 0 aromatic carbocycles. The molecule has 0 aromatic heterocycles. The molecule has 0 rings (SSSR count). The first-order valence-electron chi connectivity index (χ1n) is 6.26. The number of nitrogens with one attached hydrogen (secondary N) is 1. The van der Waals surface area contributed by atoms with Crippen LogP contribution in [0.25, 0.3) is 0 Å². The van der Waals surface area contributed by atoms with E-state index < -0.39 is 49.8 Å². The Morgan fingerprint density at radius 1 is 1.23 bits per heavy atom. The highest BCUT2D eigenvalue weighted by Gasteiger charge is 2.32. The van der Waals surface area contributed by atoms with Gasteiger partial charge in [0.25, 0.3) is 0 Å². The number of ketones is 2. The molecule has 10 nitrogen and oxygen atoms in total. The van der Waals surface area contributed by atoms with Gasteiger partial charge < -0.3 is 20.8 Å². The lowest BCUT2D eigenvalue weighted by Gasteiger charge is -2.24. The van der Waals surface area contributed by atoms with Crippen LogP contribution in [0.15, 0.2) is 0 Å². The van der Waals surface area contributed by atoms with Crippen molar-refractivity contribution in [2.45, 2.75) is 45.3 Å². The topological polar surface area (TPSA) is 173 Å². The maximum Gasteiger partial charge on any atom is 0.469 e. The number of phosphoric acid groups is 1. The van der Waals surface area contributed by atoms with E-state index in [-0.39, 0.29) is 12.8 Å². The van der Waals surface area contributed by atoms with Gasteiger partial charge in [0.05, 0.1) is 12.5 Å². The van der Waals surface area contributed by atoms with Gasteiger partial charge in [0.15, 0.2) is 5.78 Å². The van der Waals surface area contributed by atoms with Gasteiger partial charge in [0.1, 0.15) is 11.8 Å². The second-order valence-corrected chi connectivity index (χ2v) is 5.85. The predicted molar refractivity (Wildman–Crippen MR) is 73.3 cm³/mol. The van der Waals surface area contributed by atoms with Crippen LogP contribution < -0.4 is 11.1 Å². The molecule has 2 amide bonds. The molecule has 0 fully saturated rings. The van der Waals surface area contributed by atoms with Crippen molar-refractivity contribution in [3.63, 3.8) is 0 Å². The van der Waals surface area contributed by atoms with Crippen LogP contribution in [0.2, 0.25) is 0 Å². The Balaban J connectivity index is 5.00. The van der Waals surface area contributed by atoms with Gasteiger partial charge in [-0.2, -0.15) is 0 Å². The van der Waals surface area contributed by atoms with Crippen LogP contribution in [0.5, 0.6) is 0 Å². The summed E-state index contributed by atoms with van der Waals surface area (Å²) < 4.78 is 15.2. The van der Waals surface area contributed by atoms with E-state index in [0.717, 1.165) is 0 Å². The number of hydrogen-bond donors (Lipinski definition) is 4. The molecule has 11 heteroatoms. The number of amides is 2. The molecule has 2 atom stereocenters. The minimum Gasteiger partial charge on any atom is -0.370 e. The number of phosphoric ester groups is 1. The summed E-state index contributed by atoms with van der Waals surface area (Å²) in [6, 6.07) is -1.42. The quantitative estimate of drug-likeness (QED) is 0.283. The Hall–Kier alpha value is -1.61. The molecule has 0 radical (unpaired) electrons. The van der Waals surface area contributed by atoms with Crippen LogP contribution in [-0.4, -0.2) is 45.3 Å². The van der Waals surface area contributed by atoms with Crippen molar-refractivity contribution in [1.82, 2.24) is 5.32 Å². The lowest BCUT2D eigenvalue weighted by Crippen LogP contribution is -2.48. The standard InChI is InChI=1S/C11H19N2O8P/c1-6(14)5-10(17)13-11(7(2)21-22(18,19)20)8(15)3-4-9(12)16/h7,11H,3-5H2,1-2H3,(H2,12,16)(H,13,17)(H2,18,19,20)/t7?,11-/m0/s1. The molecule has 0 heterocycles. The summed E-state index contributed by atoms with van der Waals surface area (Å²) in [6.45, 7) is 2.33. The van der Waals surface area contributed by atoms with E-state index in [9.17, 15) is 23.7 Å². The van der Waals surface area contributed by atoms with E-state index in [1.54, 1.807) is 0 Å². The van der Waals surface area contributed by atoms with E-state index in [2.05, 4.69) is 9.84 Å². The summed E-state index contributed by atoms with van der Waals surface area (Å²) in [7, 11) is -4.89. The molecule has 0 saturated carbocycles. The molecular weight excluding hydrogens is 319 g/mol. The van der Waals surface area contributed by atoms with E-state index in [1.165, 1.54) is 13.8 Å². The molecule has 5 N–H and O–H groups in total. The largest absolute Gasteiger partial charge is 0.469 e. The van der Waals surface area contributed by atoms with Crippen LogP contribution in [0.1, 0.15) is 33.1 Å². The monoisotopic (exact) mass is 338 g/mol. The highest BCUT2D eigenvalue weighted by molar-refractivity contribution is 7.46. The van der Waals surface area contributed by atoms with Crippen molar-refractivity contribution in [1.29, 1.82) is 0 Å². The molecule has 0 saturated heterocycles. The number of nitrogens with two attached hydrogens (primary N) is 1. The van der Waals surface area contributed by atoms with Crippen molar-refractivity contribution in [2.24, 2.45) is 5.73 Å². The van der Waals surface area contributed by atoms with Crippen molar-refractivity contribution in [3.05, 3.63) is 0 Å². The molecule has 1 unspecified atom stereocenters. The first kappa shape index (κ1) is 20.4. The first-order valence-corrected chi connectivity index (χ1v) is 7.79. The fourth-order valence-electron chi connectivity index (χ4n) is 1.59. The molecular formula is C11H19N2O8P. The highest BCUT2D eigenvalue weighted by Crippen LogP contribution is 2.38. The van der Waals surface area contributed by atoms with Crippen molar-refractivity contribution in [2.75, 3.05) is 0 Å². The summed E-state index contributed by atoms with van der Waals surface area (Å²) in [4.78, 5) is 62.5. The molecule has 0 aliphatic rings. The fourth-order valence-corrected chi connectivity index (χ4v) is 2.14. The molecule has 0 aromatic rings. The third-order valence-electron chi connectivity index (χ3n) is 2.46. The number of primary amides is 1. The van der Waals surface area contributed by atoms with Crippen LogP contribution in [0, 0.1) is 0 Å². The first-order chi connectivity index (χ1) is 9.92. The van der Waals surface area contributed by atoms with Gasteiger partial charge in [-0.1, -0.05) is 0 Å². The zero-order valence-electron chi connectivity index (χ0n) is 12.1. The van der Waals surface area contributed by atoms with E-state index in [4.69, 9.17) is 15.5 Å². The third kappa shape index (κ3) is 9.35. The summed E-state index contributed by atoms with van der Waals surface area (Å²) in [5, 5.41) is 2.16. The number of Topliss-reactive ketones (excluding diaryl/α,β-unsaturated/α-hetero) is 2. The molecule has 126 valence electrons. The van der Waals surface area contributed by atoms with Gasteiger partial charge >= 0.3 is 7.82 Å². The highest BCUT2D eigenvalue weighted by atomic mass is 31.2. The Bertz CT molecular complexity index is 500. The molecule has 0 aliphatic heterocycles. The SMILES string of the molecule is CC(=O)CC(=O)N[C@H](C(=O)CCC(N)=O)C(C)OP(=O)(O)O. The van der Waals surface area contributed by atoms with Crippen LogP contribution in [0.3, 0.4) is 0 Å². The molecule has 0 aliphatic carbocycles. The molecule has 0 spiro atoms. The smallest absolute Gasteiger partial charge is 0.370 e. The van der Waals surface area contributed by atoms with Crippen molar-refractivity contribution < 1.29 is 38.1 Å². The van der Waals surface area contributed by atoms with Crippen LogP contribution in [-0.2, 0) is 28.3 Å². The van der Waals surface area contributed by atoms with E-state index in [1.807, 2.05) is 0 Å². The number of carbonyl (C=O) groups is 4. The van der Waals surface area contributed by atoms with Crippen LogP contribution >= 0.6 is 7.82 Å². The normalized spacial score (nSPS) is 14.0.